The Hall–Kier alpha value is -2.56. The van der Waals surface area contributed by atoms with Gasteiger partial charge in [-0.2, -0.15) is 0 Å². The van der Waals surface area contributed by atoms with Crippen LogP contribution in [0.2, 0.25) is 0 Å². The molecule has 0 fully saturated rings. The fourth-order valence-corrected chi connectivity index (χ4v) is 2.23. The van der Waals surface area contributed by atoms with E-state index in [-0.39, 0.29) is 5.82 Å². The third-order valence-corrected chi connectivity index (χ3v) is 3.21. The molecule has 20 heavy (non-hydrogen) atoms. The van der Waals surface area contributed by atoms with Crippen molar-refractivity contribution in [2.24, 2.45) is 0 Å². The van der Waals surface area contributed by atoms with Gasteiger partial charge in [0.05, 0.1) is 24.7 Å². The number of nitrogens with two attached hydrogens (primary N) is 1. The molecule has 0 saturated carbocycles. The lowest BCUT2D eigenvalue weighted by atomic mass is 10.2. The van der Waals surface area contributed by atoms with Gasteiger partial charge in [-0.15, -0.1) is 0 Å². The number of methoxy groups -OCH3 is 1. The Bertz CT molecular complexity index is 767. The molecule has 5 heteroatoms. The van der Waals surface area contributed by atoms with Gasteiger partial charge in [0, 0.05) is 6.07 Å². The molecule has 0 bridgehead atoms. The molecule has 0 saturated heterocycles. The summed E-state index contributed by atoms with van der Waals surface area (Å²) in [5, 5.41) is 0. The summed E-state index contributed by atoms with van der Waals surface area (Å²) in [6, 6.07) is 12.0. The lowest BCUT2D eigenvalue weighted by Gasteiger charge is -2.07. The van der Waals surface area contributed by atoms with Crippen LogP contribution in [-0.2, 0) is 6.54 Å². The maximum atomic E-state index is 13.3. The number of anilines is 1. The number of ether oxygens (including phenoxy) is 1. The average molecular weight is 271 g/mol. The van der Waals surface area contributed by atoms with Crippen molar-refractivity contribution in [3.8, 4) is 5.75 Å². The van der Waals surface area contributed by atoms with Crippen molar-refractivity contribution in [3.05, 3.63) is 53.8 Å². The quantitative estimate of drug-likeness (QED) is 0.797. The van der Waals surface area contributed by atoms with E-state index in [9.17, 15) is 4.39 Å². The molecule has 0 unspecified atom stereocenters. The molecule has 0 spiro atoms. The lowest BCUT2D eigenvalue weighted by molar-refractivity contribution is 0.415. The lowest BCUT2D eigenvalue weighted by Crippen LogP contribution is -2.04. The molecule has 0 atom stereocenters. The van der Waals surface area contributed by atoms with E-state index in [2.05, 4.69) is 4.98 Å². The molecule has 1 heterocycles. The Balaban J connectivity index is 2.08. The predicted octanol–water partition coefficient (Wildman–Crippen LogP) is 2.81. The average Bonchev–Trinajstić information content (AvgIpc) is 2.74. The van der Waals surface area contributed by atoms with E-state index >= 15 is 0 Å². The second kappa shape index (κ2) is 4.85. The van der Waals surface area contributed by atoms with Crippen LogP contribution in [0, 0.1) is 5.82 Å². The first kappa shape index (κ1) is 12.5. The van der Waals surface area contributed by atoms with Gasteiger partial charge in [-0.1, -0.05) is 12.1 Å². The molecular weight excluding hydrogens is 257 g/mol. The minimum absolute atomic E-state index is 0.261. The Morgan fingerprint density at radius 3 is 2.85 bits per heavy atom. The van der Waals surface area contributed by atoms with Crippen LogP contribution in [0.15, 0.2) is 42.5 Å². The van der Waals surface area contributed by atoms with Crippen molar-refractivity contribution >= 4 is 17.0 Å². The molecule has 3 aromatic rings. The van der Waals surface area contributed by atoms with Gasteiger partial charge in [0.25, 0.3) is 0 Å². The maximum Gasteiger partial charge on any atom is 0.201 e. The number of imidazole rings is 1. The van der Waals surface area contributed by atoms with Crippen molar-refractivity contribution in [3.63, 3.8) is 0 Å². The number of fused-ring (bicyclic) bond motifs is 1. The van der Waals surface area contributed by atoms with E-state index in [4.69, 9.17) is 10.5 Å². The van der Waals surface area contributed by atoms with E-state index in [0.717, 1.165) is 22.3 Å². The van der Waals surface area contributed by atoms with Crippen LogP contribution in [0.1, 0.15) is 5.56 Å². The Morgan fingerprint density at radius 2 is 2.10 bits per heavy atom. The molecule has 0 aliphatic carbocycles. The minimum Gasteiger partial charge on any atom is -0.497 e. The highest BCUT2D eigenvalue weighted by atomic mass is 19.1. The van der Waals surface area contributed by atoms with Gasteiger partial charge < -0.3 is 15.0 Å². The van der Waals surface area contributed by atoms with E-state index in [1.807, 2.05) is 28.8 Å². The second-order valence-corrected chi connectivity index (χ2v) is 4.54. The Morgan fingerprint density at radius 1 is 1.25 bits per heavy atom. The fourth-order valence-electron chi connectivity index (χ4n) is 2.23. The second-order valence-electron chi connectivity index (χ2n) is 4.54. The van der Waals surface area contributed by atoms with E-state index < -0.39 is 0 Å². The number of rotatable bonds is 3. The van der Waals surface area contributed by atoms with Gasteiger partial charge in [0.1, 0.15) is 11.6 Å². The van der Waals surface area contributed by atoms with Crippen LogP contribution in [0.25, 0.3) is 11.0 Å². The first-order valence-corrected chi connectivity index (χ1v) is 6.21. The highest BCUT2D eigenvalue weighted by Gasteiger charge is 2.10. The van der Waals surface area contributed by atoms with Crippen molar-refractivity contribution in [2.75, 3.05) is 12.8 Å². The number of aromatic nitrogens is 2. The van der Waals surface area contributed by atoms with E-state index in [0.29, 0.717) is 12.5 Å². The number of nitrogen functional groups attached to an aromatic ring is 1. The third-order valence-electron chi connectivity index (χ3n) is 3.21. The van der Waals surface area contributed by atoms with Crippen LogP contribution in [0.5, 0.6) is 5.75 Å². The third kappa shape index (κ3) is 2.18. The van der Waals surface area contributed by atoms with Gasteiger partial charge in [-0.3, -0.25) is 0 Å². The SMILES string of the molecule is COc1ccc2nc(N)n(Cc3cccc(F)c3)c2c1. The van der Waals surface area contributed by atoms with Gasteiger partial charge in [0.2, 0.25) is 5.95 Å². The molecule has 2 N–H and O–H groups in total. The Kier molecular flexibility index (Phi) is 3.02. The number of nitrogens with zero attached hydrogens (tertiary/aromatic N) is 2. The zero-order chi connectivity index (χ0) is 14.1. The molecule has 0 amide bonds. The first-order valence-electron chi connectivity index (χ1n) is 6.21. The van der Waals surface area contributed by atoms with Crippen LogP contribution in [0.4, 0.5) is 10.3 Å². The van der Waals surface area contributed by atoms with E-state index in [1.165, 1.54) is 12.1 Å². The smallest absolute Gasteiger partial charge is 0.201 e. The summed E-state index contributed by atoms with van der Waals surface area (Å²) in [6.07, 6.45) is 0. The fraction of sp³-hybridized carbons (Fsp3) is 0.133. The highest BCUT2D eigenvalue weighted by Crippen LogP contribution is 2.24. The standard InChI is InChI=1S/C15H14FN3O/c1-20-12-5-6-13-14(8-12)19(15(17)18-13)9-10-3-2-4-11(16)7-10/h2-8H,9H2,1H3,(H2,17,18). The van der Waals surface area contributed by atoms with Crippen molar-refractivity contribution in [1.29, 1.82) is 0 Å². The zero-order valence-electron chi connectivity index (χ0n) is 11.0. The van der Waals surface area contributed by atoms with Crippen LogP contribution < -0.4 is 10.5 Å². The number of benzene rings is 2. The molecule has 1 aromatic heterocycles. The summed E-state index contributed by atoms with van der Waals surface area (Å²) in [5.41, 5.74) is 8.44. The molecule has 4 nitrogen and oxygen atoms in total. The number of halogens is 1. The van der Waals surface area contributed by atoms with E-state index in [1.54, 1.807) is 13.2 Å². The largest absolute Gasteiger partial charge is 0.497 e. The molecule has 0 radical (unpaired) electrons. The van der Waals surface area contributed by atoms with Gasteiger partial charge in [-0.25, -0.2) is 9.37 Å². The topological polar surface area (TPSA) is 53.1 Å². The van der Waals surface area contributed by atoms with Gasteiger partial charge in [0.15, 0.2) is 0 Å². The van der Waals surface area contributed by atoms with Gasteiger partial charge >= 0.3 is 0 Å². The summed E-state index contributed by atoms with van der Waals surface area (Å²) in [4.78, 5) is 4.30. The summed E-state index contributed by atoms with van der Waals surface area (Å²) in [5.74, 6) is 0.874. The first-order chi connectivity index (χ1) is 9.67. The number of hydrogen-bond donors (Lipinski definition) is 1. The van der Waals surface area contributed by atoms with Crippen LogP contribution in [-0.4, -0.2) is 16.7 Å². The number of hydrogen-bond acceptors (Lipinski definition) is 3. The zero-order valence-corrected chi connectivity index (χ0v) is 11.0. The van der Waals surface area contributed by atoms with Crippen LogP contribution >= 0.6 is 0 Å². The molecule has 3 rings (SSSR count). The highest BCUT2D eigenvalue weighted by molar-refractivity contribution is 5.80. The Labute approximate surface area is 115 Å². The minimum atomic E-state index is -0.261. The molecule has 0 aliphatic rings. The van der Waals surface area contributed by atoms with Crippen molar-refractivity contribution in [1.82, 2.24) is 9.55 Å². The molecule has 102 valence electrons. The summed E-state index contributed by atoms with van der Waals surface area (Å²) in [7, 11) is 1.61. The normalized spacial score (nSPS) is 10.9. The van der Waals surface area contributed by atoms with Crippen molar-refractivity contribution < 1.29 is 9.13 Å². The molecule has 2 aromatic carbocycles. The predicted molar refractivity (Wildman–Crippen MR) is 76.2 cm³/mol. The monoisotopic (exact) mass is 271 g/mol. The summed E-state index contributed by atoms with van der Waals surface area (Å²) >= 11 is 0. The summed E-state index contributed by atoms with van der Waals surface area (Å²) < 4.78 is 20.3. The van der Waals surface area contributed by atoms with Crippen LogP contribution in [0.3, 0.4) is 0 Å². The molecular formula is C15H14FN3O. The van der Waals surface area contributed by atoms with Crippen molar-refractivity contribution in [2.45, 2.75) is 6.54 Å². The summed E-state index contributed by atoms with van der Waals surface area (Å²) in [6.45, 7) is 0.466. The van der Waals surface area contributed by atoms with Gasteiger partial charge in [-0.05, 0) is 29.8 Å². The maximum absolute atomic E-state index is 13.3. The molecule has 0 aliphatic heterocycles.